The molecule has 0 saturated carbocycles. The van der Waals surface area contributed by atoms with Crippen LogP contribution in [0.3, 0.4) is 0 Å². The topological polar surface area (TPSA) is 54.9 Å². The lowest BCUT2D eigenvalue weighted by molar-refractivity contribution is 0.0791. The molecule has 6 nitrogen and oxygen atoms in total. The monoisotopic (exact) mass is 471 g/mol. The van der Waals surface area contributed by atoms with E-state index in [1.165, 1.54) is 6.42 Å². The second kappa shape index (κ2) is 11.3. The molecule has 2 aromatic carbocycles. The van der Waals surface area contributed by atoms with Crippen molar-refractivity contribution in [2.45, 2.75) is 32.5 Å². The van der Waals surface area contributed by atoms with Crippen LogP contribution in [0.25, 0.3) is 0 Å². The first kappa shape index (κ1) is 23.2. The van der Waals surface area contributed by atoms with Crippen LogP contribution in [0, 0.1) is 11.8 Å². The van der Waals surface area contributed by atoms with Gasteiger partial charge in [0.2, 0.25) is 0 Å². The fraction of sp³-hybridized carbons (Fsp3) is 0.379. The van der Waals surface area contributed by atoms with E-state index in [1.54, 1.807) is 0 Å². The highest BCUT2D eigenvalue weighted by molar-refractivity contribution is 5.67. The van der Waals surface area contributed by atoms with Crippen LogP contribution >= 0.6 is 0 Å². The number of carbonyl (C=O) groups excluding carboxylic acids is 1. The number of likely N-dealkylation sites (tertiary alicyclic amines) is 1. The van der Waals surface area contributed by atoms with E-state index in [0.29, 0.717) is 25.0 Å². The minimum atomic E-state index is -0.190. The normalized spacial score (nSPS) is 16.6. The lowest BCUT2D eigenvalue weighted by Crippen LogP contribution is -2.48. The zero-order valence-corrected chi connectivity index (χ0v) is 20.1. The van der Waals surface area contributed by atoms with Crippen molar-refractivity contribution in [3.63, 3.8) is 0 Å². The number of nitrogens with zero attached hydrogens (tertiary/aromatic N) is 3. The molecule has 35 heavy (non-hydrogen) atoms. The van der Waals surface area contributed by atoms with Crippen LogP contribution < -0.4 is 9.64 Å². The second-order valence-corrected chi connectivity index (χ2v) is 9.60. The van der Waals surface area contributed by atoms with Crippen molar-refractivity contribution in [2.75, 3.05) is 31.1 Å². The summed E-state index contributed by atoms with van der Waals surface area (Å²) in [5.74, 6) is 3.20. The van der Waals surface area contributed by atoms with Crippen molar-refractivity contribution in [3.8, 4) is 5.75 Å². The minimum Gasteiger partial charge on any atom is -0.487 e. The summed E-state index contributed by atoms with van der Waals surface area (Å²) in [4.78, 5) is 21.2. The Bertz CT molecular complexity index is 1060. The van der Waals surface area contributed by atoms with Crippen LogP contribution in [0.4, 0.5) is 10.6 Å². The van der Waals surface area contributed by atoms with Crippen molar-refractivity contribution in [1.82, 2.24) is 9.88 Å². The van der Waals surface area contributed by atoms with Crippen LogP contribution in [-0.4, -0.2) is 42.2 Å². The van der Waals surface area contributed by atoms with Gasteiger partial charge in [-0.15, -0.1) is 0 Å². The molecule has 2 fully saturated rings. The molecule has 0 spiro atoms. The molecule has 2 saturated heterocycles. The number of rotatable bonds is 8. The summed E-state index contributed by atoms with van der Waals surface area (Å²) in [7, 11) is 0. The molecule has 182 valence electrons. The van der Waals surface area contributed by atoms with Gasteiger partial charge in [0.05, 0.1) is 6.20 Å². The number of carbonyl (C=O) groups is 1. The molecule has 3 heterocycles. The van der Waals surface area contributed by atoms with Crippen LogP contribution in [0.5, 0.6) is 5.75 Å². The average molecular weight is 472 g/mol. The predicted molar refractivity (Wildman–Crippen MR) is 136 cm³/mol. The molecule has 1 aromatic heterocycles. The van der Waals surface area contributed by atoms with Gasteiger partial charge >= 0.3 is 6.09 Å². The Morgan fingerprint density at radius 2 is 1.49 bits per heavy atom. The number of pyridine rings is 1. The van der Waals surface area contributed by atoms with E-state index in [0.717, 1.165) is 61.7 Å². The zero-order chi connectivity index (χ0) is 23.9. The molecule has 0 N–H and O–H groups in total. The summed E-state index contributed by atoms with van der Waals surface area (Å²) in [5.41, 5.74) is 2.17. The highest BCUT2D eigenvalue weighted by atomic mass is 16.6. The minimum absolute atomic E-state index is 0.190. The van der Waals surface area contributed by atoms with Gasteiger partial charge in [-0.2, -0.15) is 0 Å². The van der Waals surface area contributed by atoms with E-state index >= 15 is 0 Å². The third-order valence-electron chi connectivity index (χ3n) is 6.99. The summed E-state index contributed by atoms with van der Waals surface area (Å²) in [6.07, 6.45) is 4.97. The molecule has 2 aliphatic heterocycles. The van der Waals surface area contributed by atoms with Gasteiger partial charge in [-0.05, 0) is 54.4 Å². The van der Waals surface area contributed by atoms with Crippen LogP contribution in [-0.2, 0) is 18.0 Å². The van der Waals surface area contributed by atoms with Gasteiger partial charge in [0.15, 0.2) is 0 Å². The first-order valence-electron chi connectivity index (χ1n) is 12.6. The second-order valence-electron chi connectivity index (χ2n) is 9.60. The highest BCUT2D eigenvalue weighted by Crippen LogP contribution is 2.32. The standard InChI is InChI=1S/C29H33N3O3/c33-29(35-22-25-9-5-2-6-10-25)31-15-13-23(14-16-31)17-26-19-32(20-26)28-12-11-27(18-30-28)34-21-24-7-3-1-4-8-24/h1-12,18,23,26H,13-17,19-22H2. The molecule has 6 heteroatoms. The molecule has 3 aromatic rings. The smallest absolute Gasteiger partial charge is 0.410 e. The van der Waals surface area contributed by atoms with Crippen molar-refractivity contribution >= 4 is 11.9 Å². The number of amides is 1. The zero-order valence-electron chi connectivity index (χ0n) is 20.1. The Morgan fingerprint density at radius 1 is 0.829 bits per heavy atom. The van der Waals surface area contributed by atoms with Crippen LogP contribution in [0.1, 0.15) is 30.4 Å². The lowest BCUT2D eigenvalue weighted by Gasteiger charge is -2.43. The number of piperidine rings is 1. The summed E-state index contributed by atoms with van der Waals surface area (Å²) < 4.78 is 11.3. The maximum Gasteiger partial charge on any atom is 0.410 e. The summed E-state index contributed by atoms with van der Waals surface area (Å²) >= 11 is 0. The molecular weight excluding hydrogens is 438 g/mol. The van der Waals surface area contributed by atoms with Crippen molar-refractivity contribution in [3.05, 3.63) is 90.1 Å². The molecule has 0 atom stereocenters. The number of hydrogen-bond acceptors (Lipinski definition) is 5. The Balaban J connectivity index is 0.988. The maximum atomic E-state index is 12.4. The first-order valence-corrected chi connectivity index (χ1v) is 12.6. The van der Waals surface area contributed by atoms with E-state index < -0.39 is 0 Å². The van der Waals surface area contributed by atoms with E-state index in [4.69, 9.17) is 9.47 Å². The van der Waals surface area contributed by atoms with Gasteiger partial charge in [0.25, 0.3) is 0 Å². The van der Waals surface area contributed by atoms with E-state index in [-0.39, 0.29) is 6.09 Å². The Hall–Kier alpha value is -3.54. The third-order valence-corrected chi connectivity index (χ3v) is 6.99. The fourth-order valence-electron chi connectivity index (χ4n) is 4.93. The number of benzene rings is 2. The van der Waals surface area contributed by atoms with Gasteiger partial charge in [-0.3, -0.25) is 0 Å². The third kappa shape index (κ3) is 6.32. The number of ether oxygens (including phenoxy) is 2. The van der Waals surface area contributed by atoms with E-state index in [1.807, 2.05) is 65.7 Å². The molecule has 1 amide bonds. The summed E-state index contributed by atoms with van der Waals surface area (Å²) in [5, 5.41) is 0. The largest absolute Gasteiger partial charge is 0.487 e. The molecule has 0 unspecified atom stereocenters. The predicted octanol–water partition coefficient (Wildman–Crippen LogP) is 5.54. The highest BCUT2D eigenvalue weighted by Gasteiger charge is 2.32. The Kier molecular flexibility index (Phi) is 7.47. The van der Waals surface area contributed by atoms with Crippen molar-refractivity contribution in [2.24, 2.45) is 11.8 Å². The van der Waals surface area contributed by atoms with Crippen molar-refractivity contribution in [1.29, 1.82) is 0 Å². The molecule has 0 bridgehead atoms. The average Bonchev–Trinajstić information content (AvgIpc) is 2.90. The van der Waals surface area contributed by atoms with Crippen LogP contribution in [0.2, 0.25) is 0 Å². The maximum absolute atomic E-state index is 12.4. The number of aromatic nitrogens is 1. The van der Waals surface area contributed by atoms with E-state index in [9.17, 15) is 4.79 Å². The first-order chi connectivity index (χ1) is 17.2. The SMILES string of the molecule is O=C(OCc1ccccc1)N1CCC(CC2CN(c3ccc(OCc4ccccc4)cn3)C2)CC1. The van der Waals surface area contributed by atoms with Gasteiger partial charge in [-0.1, -0.05) is 60.7 Å². The quantitative estimate of drug-likeness (QED) is 0.432. The molecular formula is C29H33N3O3. The lowest BCUT2D eigenvalue weighted by atomic mass is 9.83. The van der Waals surface area contributed by atoms with Crippen molar-refractivity contribution < 1.29 is 14.3 Å². The summed E-state index contributed by atoms with van der Waals surface area (Å²) in [6.45, 7) is 4.58. The van der Waals surface area contributed by atoms with Gasteiger partial charge < -0.3 is 19.3 Å². The molecule has 5 rings (SSSR count). The Labute approximate surface area is 207 Å². The molecule has 0 aliphatic carbocycles. The molecule has 0 radical (unpaired) electrons. The number of hydrogen-bond donors (Lipinski definition) is 0. The van der Waals surface area contributed by atoms with Gasteiger partial charge in [0.1, 0.15) is 24.8 Å². The fourth-order valence-corrected chi connectivity index (χ4v) is 4.93. The Morgan fingerprint density at radius 3 is 2.11 bits per heavy atom. The van der Waals surface area contributed by atoms with Gasteiger partial charge in [-0.25, -0.2) is 9.78 Å². The van der Waals surface area contributed by atoms with Gasteiger partial charge in [0, 0.05) is 26.2 Å². The van der Waals surface area contributed by atoms with Crippen LogP contribution in [0.15, 0.2) is 79.0 Å². The number of anilines is 1. The summed E-state index contributed by atoms with van der Waals surface area (Å²) in [6, 6.07) is 24.1. The van der Waals surface area contributed by atoms with E-state index in [2.05, 4.69) is 28.1 Å². The molecule has 2 aliphatic rings.